The standard InChI is InChI=1S/C18H21N5O/c1-14-5-2-8-21-12-15(20-18(14)21)11-17(24)23-10-3-6-16(23)13-22-9-4-7-19-22/h2,4-5,7-9,12,16H,3,6,10-11,13H2,1H3. The minimum atomic E-state index is 0.158. The van der Waals surface area contributed by atoms with Gasteiger partial charge in [-0.2, -0.15) is 5.10 Å². The molecule has 1 fully saturated rings. The first kappa shape index (κ1) is 14.9. The van der Waals surface area contributed by atoms with Gasteiger partial charge in [-0.15, -0.1) is 0 Å². The van der Waals surface area contributed by atoms with Gasteiger partial charge < -0.3 is 9.30 Å². The molecule has 1 amide bonds. The zero-order valence-corrected chi connectivity index (χ0v) is 13.8. The number of likely N-dealkylation sites (tertiary alicyclic amines) is 1. The number of rotatable bonds is 4. The van der Waals surface area contributed by atoms with Gasteiger partial charge in [0.1, 0.15) is 5.65 Å². The number of nitrogens with zero attached hydrogens (tertiary/aromatic N) is 5. The Bertz CT molecular complexity index is 852. The van der Waals surface area contributed by atoms with Gasteiger partial charge in [-0.1, -0.05) is 6.07 Å². The third-order valence-electron chi connectivity index (χ3n) is 4.71. The van der Waals surface area contributed by atoms with E-state index >= 15 is 0 Å². The summed E-state index contributed by atoms with van der Waals surface area (Å²) in [6.45, 7) is 3.63. The summed E-state index contributed by atoms with van der Waals surface area (Å²) in [6, 6.07) is 6.18. The largest absolute Gasteiger partial charge is 0.338 e. The third kappa shape index (κ3) is 2.79. The first-order chi connectivity index (χ1) is 11.7. The fraction of sp³-hybridized carbons (Fsp3) is 0.389. The van der Waals surface area contributed by atoms with Crippen LogP contribution in [0.4, 0.5) is 0 Å². The van der Waals surface area contributed by atoms with Crippen LogP contribution in [0.3, 0.4) is 0 Å². The van der Waals surface area contributed by atoms with E-state index in [1.165, 1.54) is 0 Å². The normalized spacial score (nSPS) is 17.7. The molecule has 4 heterocycles. The van der Waals surface area contributed by atoms with Gasteiger partial charge in [0.15, 0.2) is 0 Å². The van der Waals surface area contributed by atoms with Crippen LogP contribution in [0.15, 0.2) is 43.0 Å². The number of fused-ring (bicyclic) bond motifs is 1. The summed E-state index contributed by atoms with van der Waals surface area (Å²) in [6.07, 6.45) is 10.1. The Morgan fingerprint density at radius 1 is 1.33 bits per heavy atom. The molecule has 3 aromatic rings. The van der Waals surface area contributed by atoms with Crippen molar-refractivity contribution in [3.8, 4) is 0 Å². The van der Waals surface area contributed by atoms with Crippen LogP contribution in [0.25, 0.3) is 5.65 Å². The van der Waals surface area contributed by atoms with E-state index in [-0.39, 0.29) is 11.9 Å². The molecule has 0 aromatic carbocycles. The van der Waals surface area contributed by atoms with Gasteiger partial charge in [0.25, 0.3) is 0 Å². The molecule has 124 valence electrons. The number of hydrogen-bond acceptors (Lipinski definition) is 3. The van der Waals surface area contributed by atoms with Crippen LogP contribution in [0.5, 0.6) is 0 Å². The minimum Gasteiger partial charge on any atom is -0.338 e. The summed E-state index contributed by atoms with van der Waals surface area (Å²) in [7, 11) is 0. The molecule has 0 spiro atoms. The van der Waals surface area contributed by atoms with Gasteiger partial charge in [-0.05, 0) is 37.5 Å². The van der Waals surface area contributed by atoms with Gasteiger partial charge >= 0.3 is 0 Å². The molecule has 1 aliphatic rings. The van der Waals surface area contributed by atoms with Crippen molar-refractivity contribution in [2.24, 2.45) is 0 Å². The Morgan fingerprint density at radius 3 is 3.04 bits per heavy atom. The van der Waals surface area contributed by atoms with Crippen LogP contribution in [0, 0.1) is 6.92 Å². The number of imidazole rings is 1. The molecule has 6 heteroatoms. The Morgan fingerprint density at radius 2 is 2.25 bits per heavy atom. The van der Waals surface area contributed by atoms with Crippen molar-refractivity contribution in [1.29, 1.82) is 0 Å². The average molecular weight is 323 g/mol. The second-order valence-electron chi connectivity index (χ2n) is 6.44. The van der Waals surface area contributed by atoms with Crippen LogP contribution >= 0.6 is 0 Å². The summed E-state index contributed by atoms with van der Waals surface area (Å²) in [5.41, 5.74) is 2.88. The van der Waals surface area contributed by atoms with Crippen molar-refractivity contribution in [3.63, 3.8) is 0 Å². The second kappa shape index (κ2) is 6.11. The molecule has 3 aromatic heterocycles. The molecule has 0 bridgehead atoms. The number of aryl methyl sites for hydroxylation is 1. The molecular weight excluding hydrogens is 302 g/mol. The number of amides is 1. The average Bonchev–Trinajstić information content (AvgIpc) is 3.28. The fourth-order valence-electron chi connectivity index (χ4n) is 3.52. The topological polar surface area (TPSA) is 55.4 Å². The molecule has 1 aliphatic heterocycles. The molecule has 1 saturated heterocycles. The quantitative estimate of drug-likeness (QED) is 0.738. The van der Waals surface area contributed by atoms with Crippen molar-refractivity contribution < 1.29 is 4.79 Å². The number of hydrogen-bond donors (Lipinski definition) is 0. The summed E-state index contributed by atoms with van der Waals surface area (Å²) in [5.74, 6) is 0.158. The van der Waals surface area contributed by atoms with E-state index < -0.39 is 0 Å². The van der Waals surface area contributed by atoms with E-state index in [1.54, 1.807) is 6.20 Å². The maximum Gasteiger partial charge on any atom is 0.228 e. The maximum atomic E-state index is 12.8. The molecule has 4 rings (SSSR count). The Hall–Kier alpha value is -2.63. The van der Waals surface area contributed by atoms with Crippen LogP contribution in [0.1, 0.15) is 24.1 Å². The highest BCUT2D eigenvalue weighted by Crippen LogP contribution is 2.20. The van der Waals surface area contributed by atoms with Crippen LogP contribution < -0.4 is 0 Å². The maximum absolute atomic E-state index is 12.8. The highest BCUT2D eigenvalue weighted by atomic mass is 16.2. The molecule has 0 aliphatic carbocycles. The summed E-state index contributed by atoms with van der Waals surface area (Å²) in [5, 5.41) is 4.26. The highest BCUT2D eigenvalue weighted by Gasteiger charge is 2.29. The molecule has 6 nitrogen and oxygen atoms in total. The number of carbonyl (C=O) groups excluding carboxylic acids is 1. The van der Waals surface area contributed by atoms with E-state index in [9.17, 15) is 4.79 Å². The van der Waals surface area contributed by atoms with E-state index in [1.807, 2.05) is 57.7 Å². The zero-order valence-electron chi connectivity index (χ0n) is 13.8. The SMILES string of the molecule is Cc1cccn2cc(CC(=O)N3CCCC3Cn3cccn3)nc12. The van der Waals surface area contributed by atoms with E-state index in [2.05, 4.69) is 10.1 Å². The summed E-state index contributed by atoms with van der Waals surface area (Å²) in [4.78, 5) is 19.4. The Labute approximate surface area is 140 Å². The van der Waals surface area contributed by atoms with Crippen LogP contribution in [-0.2, 0) is 17.8 Å². The van der Waals surface area contributed by atoms with Gasteiger partial charge in [0.2, 0.25) is 5.91 Å². The molecular formula is C18H21N5O. The molecule has 0 saturated carbocycles. The lowest BCUT2D eigenvalue weighted by atomic mass is 10.2. The molecule has 0 N–H and O–H groups in total. The summed E-state index contributed by atoms with van der Waals surface area (Å²) >= 11 is 0. The lowest BCUT2D eigenvalue weighted by Crippen LogP contribution is -2.39. The smallest absolute Gasteiger partial charge is 0.228 e. The van der Waals surface area contributed by atoms with Crippen molar-refractivity contribution in [2.45, 2.75) is 38.8 Å². The lowest BCUT2D eigenvalue weighted by Gasteiger charge is -2.24. The molecule has 24 heavy (non-hydrogen) atoms. The van der Waals surface area contributed by atoms with E-state index in [0.717, 1.165) is 42.8 Å². The highest BCUT2D eigenvalue weighted by molar-refractivity contribution is 5.79. The van der Waals surface area contributed by atoms with Crippen molar-refractivity contribution >= 4 is 11.6 Å². The number of pyridine rings is 1. The van der Waals surface area contributed by atoms with Crippen LogP contribution in [-0.4, -0.2) is 42.6 Å². The monoisotopic (exact) mass is 323 g/mol. The minimum absolute atomic E-state index is 0.158. The third-order valence-corrected chi connectivity index (χ3v) is 4.71. The zero-order chi connectivity index (χ0) is 16.5. The number of carbonyl (C=O) groups is 1. The van der Waals surface area contributed by atoms with E-state index in [4.69, 9.17) is 0 Å². The Balaban J connectivity index is 1.49. The van der Waals surface area contributed by atoms with Crippen molar-refractivity contribution in [1.82, 2.24) is 24.1 Å². The van der Waals surface area contributed by atoms with E-state index in [0.29, 0.717) is 6.42 Å². The first-order valence-corrected chi connectivity index (χ1v) is 8.41. The predicted octanol–water partition coefficient (Wildman–Crippen LogP) is 2.07. The van der Waals surface area contributed by atoms with Gasteiger partial charge in [0.05, 0.1) is 24.7 Å². The molecule has 1 unspecified atom stereocenters. The first-order valence-electron chi connectivity index (χ1n) is 8.41. The van der Waals surface area contributed by atoms with Gasteiger partial charge in [-0.3, -0.25) is 9.48 Å². The lowest BCUT2D eigenvalue weighted by molar-refractivity contribution is -0.131. The van der Waals surface area contributed by atoms with Gasteiger partial charge in [0, 0.05) is 31.3 Å². The summed E-state index contributed by atoms with van der Waals surface area (Å²) < 4.78 is 3.90. The van der Waals surface area contributed by atoms with Crippen molar-refractivity contribution in [3.05, 3.63) is 54.2 Å². The van der Waals surface area contributed by atoms with Crippen molar-refractivity contribution in [2.75, 3.05) is 6.54 Å². The predicted molar refractivity (Wildman–Crippen MR) is 90.6 cm³/mol. The molecule has 1 atom stereocenters. The Kier molecular flexibility index (Phi) is 3.80. The van der Waals surface area contributed by atoms with Gasteiger partial charge in [-0.25, -0.2) is 4.98 Å². The molecule has 0 radical (unpaired) electrons. The van der Waals surface area contributed by atoms with Crippen LogP contribution in [0.2, 0.25) is 0 Å². The second-order valence-corrected chi connectivity index (χ2v) is 6.44. The number of aromatic nitrogens is 4. The fourth-order valence-corrected chi connectivity index (χ4v) is 3.52.